The van der Waals surface area contributed by atoms with Gasteiger partial charge in [-0.05, 0) is 12.5 Å². The van der Waals surface area contributed by atoms with Gasteiger partial charge in [0, 0.05) is 6.04 Å². The van der Waals surface area contributed by atoms with Crippen molar-refractivity contribution in [3.63, 3.8) is 0 Å². The predicted molar refractivity (Wildman–Crippen MR) is 60.1 cm³/mol. The van der Waals surface area contributed by atoms with Gasteiger partial charge in [0.05, 0.1) is 12.0 Å². The van der Waals surface area contributed by atoms with Gasteiger partial charge in [0.1, 0.15) is 0 Å². The molecule has 8 heteroatoms. The van der Waals surface area contributed by atoms with Gasteiger partial charge in [-0.3, -0.25) is 9.59 Å². The van der Waals surface area contributed by atoms with Gasteiger partial charge < -0.3 is 10.4 Å². The molecule has 0 fully saturated rings. The van der Waals surface area contributed by atoms with Gasteiger partial charge in [-0.1, -0.05) is 6.92 Å². The molecule has 1 unspecified atom stereocenters. The second-order valence-electron chi connectivity index (χ2n) is 4.02. The molecular weight excluding hydrogens is 282 g/mol. The Hall–Kier alpha value is -2.12. The van der Waals surface area contributed by atoms with E-state index in [2.05, 4.69) is 5.32 Å². The van der Waals surface area contributed by atoms with Crippen LogP contribution in [0.15, 0.2) is 6.07 Å². The standard InChI is InChI=1S/C12H11F4NO3/c1-2-5(3-8(18)19)17-12(20)6-4-7(13)10(15)11(16)9(6)14/h4-5H,2-3H2,1H3,(H,17,20)(H,18,19). The minimum atomic E-state index is -2.10. The van der Waals surface area contributed by atoms with E-state index < -0.39 is 53.2 Å². The van der Waals surface area contributed by atoms with Crippen LogP contribution in [0.3, 0.4) is 0 Å². The van der Waals surface area contributed by atoms with E-state index in [1.165, 1.54) is 0 Å². The molecule has 0 aliphatic rings. The molecule has 4 nitrogen and oxygen atoms in total. The zero-order chi connectivity index (χ0) is 15.4. The lowest BCUT2D eigenvalue weighted by Gasteiger charge is -2.15. The molecule has 1 amide bonds. The monoisotopic (exact) mass is 293 g/mol. The Balaban J connectivity index is 3.01. The molecule has 1 atom stereocenters. The van der Waals surface area contributed by atoms with Crippen molar-refractivity contribution in [3.05, 3.63) is 34.9 Å². The van der Waals surface area contributed by atoms with E-state index in [0.717, 1.165) is 0 Å². The van der Waals surface area contributed by atoms with E-state index in [0.29, 0.717) is 0 Å². The number of carbonyl (C=O) groups excluding carboxylic acids is 1. The second-order valence-corrected chi connectivity index (χ2v) is 4.02. The SMILES string of the molecule is CCC(CC(=O)O)NC(=O)c1cc(F)c(F)c(F)c1F. The van der Waals surface area contributed by atoms with Crippen LogP contribution in [0.2, 0.25) is 0 Å². The van der Waals surface area contributed by atoms with Gasteiger partial charge in [0.25, 0.3) is 5.91 Å². The molecule has 0 aliphatic heterocycles. The van der Waals surface area contributed by atoms with E-state index >= 15 is 0 Å². The number of carboxylic acid groups (broad SMARTS) is 1. The summed E-state index contributed by atoms with van der Waals surface area (Å²) in [6, 6.07) is -0.619. The summed E-state index contributed by atoms with van der Waals surface area (Å²) in [7, 11) is 0. The van der Waals surface area contributed by atoms with Gasteiger partial charge in [-0.2, -0.15) is 0 Å². The van der Waals surface area contributed by atoms with Gasteiger partial charge >= 0.3 is 5.97 Å². The first-order valence-electron chi connectivity index (χ1n) is 5.63. The summed E-state index contributed by atoms with van der Waals surface area (Å²) < 4.78 is 52.0. The number of rotatable bonds is 5. The first-order chi connectivity index (χ1) is 9.27. The summed E-state index contributed by atoms with van der Waals surface area (Å²) in [6.45, 7) is 1.57. The molecule has 1 aromatic rings. The lowest BCUT2D eigenvalue weighted by Crippen LogP contribution is -2.36. The van der Waals surface area contributed by atoms with Crippen molar-refractivity contribution >= 4 is 11.9 Å². The molecule has 110 valence electrons. The summed E-state index contributed by atoms with van der Waals surface area (Å²) in [4.78, 5) is 22.1. The maximum atomic E-state index is 13.4. The Kier molecular flexibility index (Phi) is 5.06. The third kappa shape index (κ3) is 3.46. The number of aliphatic carboxylic acids is 1. The van der Waals surface area contributed by atoms with Crippen molar-refractivity contribution in [1.82, 2.24) is 5.32 Å². The van der Waals surface area contributed by atoms with E-state index in [-0.39, 0.29) is 12.5 Å². The number of benzene rings is 1. The summed E-state index contributed by atoms with van der Waals surface area (Å²) in [5.41, 5.74) is -1.02. The normalized spacial score (nSPS) is 12.1. The highest BCUT2D eigenvalue weighted by Gasteiger charge is 2.24. The average molecular weight is 293 g/mol. The van der Waals surface area contributed by atoms with Gasteiger partial charge in [0.15, 0.2) is 23.3 Å². The molecule has 0 saturated carbocycles. The van der Waals surface area contributed by atoms with Crippen LogP contribution in [0.25, 0.3) is 0 Å². The van der Waals surface area contributed by atoms with Crippen LogP contribution in [0.1, 0.15) is 30.1 Å². The second kappa shape index (κ2) is 6.36. The van der Waals surface area contributed by atoms with Crippen LogP contribution in [0.5, 0.6) is 0 Å². The molecule has 0 bridgehead atoms. The lowest BCUT2D eigenvalue weighted by molar-refractivity contribution is -0.137. The number of hydrogen-bond donors (Lipinski definition) is 2. The summed E-state index contributed by atoms with van der Waals surface area (Å²) in [5.74, 6) is -10.1. The molecule has 0 aliphatic carbocycles. The molecule has 0 radical (unpaired) electrons. The summed E-state index contributed by atoms with van der Waals surface area (Å²) in [6.07, 6.45) is -0.220. The van der Waals surface area contributed by atoms with Crippen LogP contribution >= 0.6 is 0 Å². The molecule has 1 rings (SSSR count). The van der Waals surface area contributed by atoms with Crippen LogP contribution < -0.4 is 5.32 Å². The quantitative estimate of drug-likeness (QED) is 0.497. The molecule has 0 aromatic heterocycles. The molecule has 1 aromatic carbocycles. The highest BCUT2D eigenvalue weighted by molar-refractivity contribution is 5.95. The number of carbonyl (C=O) groups is 2. The third-order valence-electron chi connectivity index (χ3n) is 2.60. The van der Waals surface area contributed by atoms with Crippen LogP contribution in [0, 0.1) is 23.3 Å². The number of amides is 1. The van der Waals surface area contributed by atoms with Crippen LogP contribution in [0.4, 0.5) is 17.6 Å². The fourth-order valence-corrected chi connectivity index (χ4v) is 1.51. The van der Waals surface area contributed by atoms with Gasteiger partial charge in [0.2, 0.25) is 0 Å². The van der Waals surface area contributed by atoms with Crippen molar-refractivity contribution in [2.75, 3.05) is 0 Å². The van der Waals surface area contributed by atoms with Gasteiger partial charge in [-0.25, -0.2) is 17.6 Å². The average Bonchev–Trinajstić information content (AvgIpc) is 2.38. The highest BCUT2D eigenvalue weighted by Crippen LogP contribution is 2.19. The molecule has 0 saturated heterocycles. The van der Waals surface area contributed by atoms with E-state index in [1.54, 1.807) is 6.92 Å². The molecule has 20 heavy (non-hydrogen) atoms. The Morgan fingerprint density at radius 3 is 2.30 bits per heavy atom. The van der Waals surface area contributed by atoms with Crippen LogP contribution in [-0.2, 0) is 4.79 Å². The smallest absolute Gasteiger partial charge is 0.305 e. The van der Waals surface area contributed by atoms with Crippen molar-refractivity contribution < 1.29 is 32.3 Å². The minimum Gasteiger partial charge on any atom is -0.481 e. The summed E-state index contributed by atoms with van der Waals surface area (Å²) in [5, 5.41) is 10.7. The van der Waals surface area contributed by atoms with Crippen molar-refractivity contribution in [2.45, 2.75) is 25.8 Å². The Morgan fingerprint density at radius 1 is 1.20 bits per heavy atom. The number of halogens is 4. The Bertz CT molecular complexity index is 548. The van der Waals surface area contributed by atoms with Crippen molar-refractivity contribution in [1.29, 1.82) is 0 Å². The number of hydrogen-bond acceptors (Lipinski definition) is 2. The number of carboxylic acids is 1. The van der Waals surface area contributed by atoms with Gasteiger partial charge in [-0.15, -0.1) is 0 Å². The first-order valence-corrected chi connectivity index (χ1v) is 5.63. The Labute approximate surface area is 111 Å². The zero-order valence-corrected chi connectivity index (χ0v) is 10.3. The van der Waals surface area contributed by atoms with E-state index in [9.17, 15) is 27.2 Å². The summed E-state index contributed by atoms with van der Waals surface area (Å²) >= 11 is 0. The van der Waals surface area contributed by atoms with Crippen molar-refractivity contribution in [3.8, 4) is 0 Å². The molecule has 0 heterocycles. The predicted octanol–water partition coefficient (Wildman–Crippen LogP) is 2.23. The van der Waals surface area contributed by atoms with E-state index in [1.807, 2.05) is 0 Å². The molecule has 2 N–H and O–H groups in total. The largest absolute Gasteiger partial charge is 0.481 e. The maximum absolute atomic E-state index is 13.4. The zero-order valence-electron chi connectivity index (χ0n) is 10.3. The Morgan fingerprint density at radius 2 is 1.80 bits per heavy atom. The molecular formula is C12H11F4NO3. The lowest BCUT2D eigenvalue weighted by atomic mass is 10.1. The topological polar surface area (TPSA) is 66.4 Å². The molecule has 0 spiro atoms. The van der Waals surface area contributed by atoms with Crippen LogP contribution in [-0.4, -0.2) is 23.0 Å². The first kappa shape index (κ1) is 15.9. The van der Waals surface area contributed by atoms with Crippen molar-refractivity contribution in [2.24, 2.45) is 0 Å². The highest BCUT2D eigenvalue weighted by atomic mass is 19.2. The maximum Gasteiger partial charge on any atom is 0.305 e. The fraction of sp³-hybridized carbons (Fsp3) is 0.333. The van der Waals surface area contributed by atoms with E-state index in [4.69, 9.17) is 5.11 Å². The minimum absolute atomic E-state index is 0.214. The fourth-order valence-electron chi connectivity index (χ4n) is 1.51. The number of nitrogens with one attached hydrogen (secondary N) is 1. The third-order valence-corrected chi connectivity index (χ3v) is 2.60.